The zero-order valence-electron chi connectivity index (χ0n) is 25.2. The Morgan fingerprint density at radius 2 is 1.64 bits per heavy atom. The molecule has 1 aliphatic carbocycles. The number of likely N-dealkylation sites (tertiary alicyclic amines) is 1. The average Bonchev–Trinajstić information content (AvgIpc) is 3.38. The second kappa shape index (κ2) is 13.3. The number of nitrogens with zero attached hydrogens (tertiary/aromatic N) is 1. The van der Waals surface area contributed by atoms with Gasteiger partial charge in [-0.25, -0.2) is 0 Å². The minimum absolute atomic E-state index is 0.0496. The van der Waals surface area contributed by atoms with E-state index in [9.17, 15) is 24.0 Å². The van der Waals surface area contributed by atoms with Crippen LogP contribution in [0.25, 0.3) is 0 Å². The number of carbonyl (C=O) groups is 5. The maximum absolute atomic E-state index is 14.2. The van der Waals surface area contributed by atoms with E-state index in [1.165, 1.54) is 11.8 Å². The normalized spacial score (nSPS) is 21.4. The van der Waals surface area contributed by atoms with Crippen LogP contribution in [0.5, 0.6) is 0 Å². The van der Waals surface area contributed by atoms with Gasteiger partial charge in [-0.15, -0.1) is 0 Å². The Morgan fingerprint density at radius 3 is 2.33 bits per heavy atom. The van der Waals surface area contributed by atoms with E-state index in [1.807, 2.05) is 54.6 Å². The van der Waals surface area contributed by atoms with E-state index in [-0.39, 0.29) is 30.4 Å². The van der Waals surface area contributed by atoms with Crippen molar-refractivity contribution in [2.24, 2.45) is 17.4 Å². The third-order valence-electron chi connectivity index (χ3n) is 8.68. The molecule has 7 N–H and O–H groups in total. The van der Waals surface area contributed by atoms with Gasteiger partial charge in [-0.2, -0.15) is 0 Å². The van der Waals surface area contributed by atoms with Crippen molar-refractivity contribution in [3.63, 3.8) is 0 Å². The Bertz CT molecular complexity index is 1610. The molecule has 234 valence electrons. The summed E-state index contributed by atoms with van der Waals surface area (Å²) in [5.41, 5.74) is 14.9. The van der Waals surface area contributed by atoms with Crippen molar-refractivity contribution in [3.8, 4) is 0 Å². The van der Waals surface area contributed by atoms with Gasteiger partial charge in [0.15, 0.2) is 0 Å². The fraction of sp³-hybridized carbons (Fsp3) is 0.324. The lowest BCUT2D eigenvalue weighted by Gasteiger charge is -2.48. The van der Waals surface area contributed by atoms with Crippen molar-refractivity contribution in [1.29, 1.82) is 0 Å². The Labute approximate surface area is 261 Å². The van der Waals surface area contributed by atoms with Crippen LogP contribution in [-0.4, -0.2) is 66.2 Å². The highest BCUT2D eigenvalue weighted by atomic mass is 16.2. The molecular formula is C34H38N6O5. The van der Waals surface area contributed by atoms with Gasteiger partial charge in [0.05, 0.1) is 18.0 Å². The van der Waals surface area contributed by atoms with Crippen LogP contribution < -0.4 is 27.4 Å². The highest BCUT2D eigenvalue weighted by Gasteiger charge is 2.50. The predicted molar refractivity (Wildman–Crippen MR) is 168 cm³/mol. The number of hydrogen-bond donors (Lipinski definition) is 5. The SMILES string of the molecule is CNC(=O)C1Cc2ccccc2C1NC(=O)C1C(c2ccccc2)CN1C(=O)C(Cc1cccc(C(N)=O)c1)NC(=O)C(C)N. The van der Waals surface area contributed by atoms with E-state index in [2.05, 4.69) is 16.0 Å². The number of amides is 5. The summed E-state index contributed by atoms with van der Waals surface area (Å²) >= 11 is 0. The first kappa shape index (κ1) is 31.4. The van der Waals surface area contributed by atoms with E-state index < -0.39 is 53.7 Å². The molecule has 1 aliphatic heterocycles. The van der Waals surface area contributed by atoms with Crippen LogP contribution in [0, 0.1) is 5.92 Å². The number of nitrogens with one attached hydrogen (secondary N) is 3. The first-order valence-electron chi connectivity index (χ1n) is 15.0. The van der Waals surface area contributed by atoms with Crippen LogP contribution in [0.4, 0.5) is 0 Å². The molecule has 0 spiro atoms. The van der Waals surface area contributed by atoms with E-state index in [0.29, 0.717) is 12.0 Å². The molecule has 1 saturated heterocycles. The quantitative estimate of drug-likeness (QED) is 0.228. The monoisotopic (exact) mass is 610 g/mol. The maximum Gasteiger partial charge on any atom is 0.248 e. The summed E-state index contributed by atoms with van der Waals surface area (Å²) in [6.45, 7) is 1.76. The molecule has 1 heterocycles. The van der Waals surface area contributed by atoms with Gasteiger partial charge in [0.25, 0.3) is 0 Å². The van der Waals surface area contributed by atoms with Crippen LogP contribution >= 0.6 is 0 Å². The van der Waals surface area contributed by atoms with Gasteiger partial charge in [0, 0.05) is 31.5 Å². The molecule has 3 aromatic rings. The minimum atomic E-state index is -1.07. The van der Waals surface area contributed by atoms with E-state index in [1.54, 1.807) is 31.3 Å². The van der Waals surface area contributed by atoms with E-state index in [4.69, 9.17) is 11.5 Å². The van der Waals surface area contributed by atoms with Crippen molar-refractivity contribution in [2.45, 2.75) is 49.9 Å². The van der Waals surface area contributed by atoms with E-state index in [0.717, 1.165) is 16.7 Å². The topological polar surface area (TPSA) is 177 Å². The number of rotatable bonds is 10. The van der Waals surface area contributed by atoms with Crippen molar-refractivity contribution >= 4 is 29.5 Å². The number of carbonyl (C=O) groups excluding carboxylic acids is 5. The molecule has 11 heteroatoms. The van der Waals surface area contributed by atoms with Gasteiger partial charge < -0.3 is 32.3 Å². The van der Waals surface area contributed by atoms with Gasteiger partial charge in [-0.3, -0.25) is 24.0 Å². The minimum Gasteiger partial charge on any atom is -0.366 e. The molecule has 0 radical (unpaired) electrons. The van der Waals surface area contributed by atoms with E-state index >= 15 is 0 Å². The van der Waals surface area contributed by atoms with Crippen LogP contribution in [0.15, 0.2) is 78.9 Å². The Hall–Kier alpha value is -5.03. The van der Waals surface area contributed by atoms with Gasteiger partial charge in [-0.1, -0.05) is 66.7 Å². The predicted octanol–water partition coefficient (Wildman–Crippen LogP) is 0.930. The summed E-state index contributed by atoms with van der Waals surface area (Å²) in [6.07, 6.45) is 0.528. The van der Waals surface area contributed by atoms with Gasteiger partial charge >= 0.3 is 0 Å². The van der Waals surface area contributed by atoms with Crippen LogP contribution in [0.1, 0.15) is 51.5 Å². The lowest BCUT2D eigenvalue weighted by molar-refractivity contribution is -0.152. The van der Waals surface area contributed by atoms with Crippen LogP contribution in [0.3, 0.4) is 0 Å². The molecule has 0 saturated carbocycles. The summed E-state index contributed by atoms with van der Waals surface area (Å²) in [7, 11) is 1.57. The number of fused-ring (bicyclic) bond motifs is 1. The summed E-state index contributed by atoms with van der Waals surface area (Å²) < 4.78 is 0. The number of benzene rings is 3. The zero-order chi connectivity index (χ0) is 32.2. The van der Waals surface area contributed by atoms with Gasteiger partial charge in [-0.05, 0) is 47.7 Å². The van der Waals surface area contributed by atoms with Crippen LogP contribution in [-0.2, 0) is 32.0 Å². The second-order valence-corrected chi connectivity index (χ2v) is 11.7. The largest absolute Gasteiger partial charge is 0.366 e. The lowest BCUT2D eigenvalue weighted by Crippen LogP contribution is -2.67. The fourth-order valence-electron chi connectivity index (χ4n) is 6.28. The standard InChI is InChI=1S/C34H38N6O5/c1-19(35)31(42)38-27(16-20-9-8-13-23(15-20)30(36)41)34(45)40-18-26(21-10-4-3-5-11-21)29(40)33(44)39-28-24-14-7-6-12-22(24)17-25(28)32(43)37-2/h3-15,19,25-29H,16-18,35H2,1-2H3,(H2,36,41)(H,37,43)(H,38,42)(H,39,44). The maximum atomic E-state index is 14.2. The first-order valence-corrected chi connectivity index (χ1v) is 15.0. The second-order valence-electron chi connectivity index (χ2n) is 11.7. The number of primary amides is 1. The molecule has 0 bridgehead atoms. The molecule has 0 aromatic heterocycles. The first-order chi connectivity index (χ1) is 21.6. The van der Waals surface area contributed by atoms with Crippen molar-refractivity contribution in [2.75, 3.05) is 13.6 Å². The number of hydrogen-bond acceptors (Lipinski definition) is 6. The summed E-state index contributed by atoms with van der Waals surface area (Å²) in [4.78, 5) is 67.2. The van der Waals surface area contributed by atoms with Crippen molar-refractivity contribution in [1.82, 2.24) is 20.9 Å². The molecule has 5 amide bonds. The smallest absolute Gasteiger partial charge is 0.248 e. The third-order valence-corrected chi connectivity index (χ3v) is 8.68. The molecule has 3 aromatic carbocycles. The highest BCUT2D eigenvalue weighted by molar-refractivity contribution is 5.96. The summed E-state index contributed by atoms with van der Waals surface area (Å²) in [5.74, 6) is -3.01. The van der Waals surface area contributed by atoms with Gasteiger partial charge in [0.1, 0.15) is 12.1 Å². The highest BCUT2D eigenvalue weighted by Crippen LogP contribution is 2.39. The Morgan fingerprint density at radius 1 is 0.933 bits per heavy atom. The van der Waals surface area contributed by atoms with Crippen molar-refractivity contribution < 1.29 is 24.0 Å². The molecular weight excluding hydrogens is 572 g/mol. The third kappa shape index (κ3) is 6.58. The average molecular weight is 611 g/mol. The lowest BCUT2D eigenvalue weighted by atomic mass is 9.80. The fourth-order valence-corrected chi connectivity index (χ4v) is 6.28. The Balaban J connectivity index is 1.45. The Kier molecular flexibility index (Phi) is 9.29. The molecule has 11 nitrogen and oxygen atoms in total. The number of nitrogens with two attached hydrogens (primary N) is 2. The summed E-state index contributed by atoms with van der Waals surface area (Å²) in [5, 5.41) is 8.54. The molecule has 6 atom stereocenters. The molecule has 5 rings (SSSR count). The molecule has 45 heavy (non-hydrogen) atoms. The van der Waals surface area contributed by atoms with Crippen molar-refractivity contribution in [3.05, 3.63) is 107 Å². The zero-order valence-corrected chi connectivity index (χ0v) is 25.2. The molecule has 6 unspecified atom stereocenters. The summed E-state index contributed by atoms with van der Waals surface area (Å²) in [6, 6.07) is 20.2. The molecule has 2 aliphatic rings. The molecule has 1 fully saturated rings. The van der Waals surface area contributed by atoms with Gasteiger partial charge in [0.2, 0.25) is 29.5 Å². The van der Waals surface area contributed by atoms with Crippen LogP contribution in [0.2, 0.25) is 0 Å².